The second-order valence-corrected chi connectivity index (χ2v) is 4.90. The van der Waals surface area contributed by atoms with Gasteiger partial charge in [0, 0.05) is 11.8 Å². The molecule has 1 aliphatic heterocycles. The number of hydrogen-bond donors (Lipinski definition) is 1. The van der Waals surface area contributed by atoms with Crippen LogP contribution < -0.4 is 0 Å². The molecule has 0 saturated carbocycles. The normalized spacial score (nSPS) is 25.8. The zero-order chi connectivity index (χ0) is 14.7. The Balaban J connectivity index is 3.16. The Hall–Kier alpha value is -1.18. The summed E-state index contributed by atoms with van der Waals surface area (Å²) in [5.41, 5.74) is -1.86. The van der Waals surface area contributed by atoms with Crippen LogP contribution in [0.25, 0.3) is 0 Å². The number of likely N-dealkylation sites (tertiary alicyclic amines) is 1. The molecular weight excluding hydrogens is 328 g/mol. The van der Waals surface area contributed by atoms with Gasteiger partial charge in [-0.1, -0.05) is 28.1 Å². The highest BCUT2D eigenvalue weighted by Gasteiger charge is 2.61. The van der Waals surface area contributed by atoms with Gasteiger partial charge in [0.2, 0.25) is 0 Å². The summed E-state index contributed by atoms with van der Waals surface area (Å²) in [7, 11) is 1.05. The first kappa shape index (κ1) is 15.9. The minimum atomic E-state index is -3.24. The first-order valence-electron chi connectivity index (χ1n) is 5.47. The van der Waals surface area contributed by atoms with Crippen molar-refractivity contribution in [3.05, 3.63) is 12.2 Å². The third-order valence-corrected chi connectivity index (χ3v) is 3.34. The first-order valence-corrected chi connectivity index (χ1v) is 6.59. The Morgan fingerprint density at radius 2 is 2.11 bits per heavy atom. The quantitative estimate of drug-likeness (QED) is 0.484. The molecule has 1 saturated heterocycles. The van der Waals surface area contributed by atoms with E-state index in [1.807, 2.05) is 0 Å². The second-order valence-electron chi connectivity index (χ2n) is 4.25. The molecule has 0 aromatic heterocycles. The van der Waals surface area contributed by atoms with Crippen molar-refractivity contribution in [2.75, 3.05) is 19.0 Å². The number of nitrogens with zero attached hydrogens (tertiary/aromatic N) is 1. The number of esters is 1. The molecule has 5 nitrogen and oxygen atoms in total. The maximum Gasteiger partial charge on any atom is 0.408 e. The molecule has 19 heavy (non-hydrogen) atoms. The average molecular weight is 342 g/mol. The van der Waals surface area contributed by atoms with Crippen molar-refractivity contribution in [1.29, 1.82) is 0 Å². The van der Waals surface area contributed by atoms with Gasteiger partial charge >= 0.3 is 12.1 Å². The number of rotatable bonds is 4. The topological polar surface area (TPSA) is 66.8 Å². The van der Waals surface area contributed by atoms with Gasteiger partial charge in [0.15, 0.2) is 5.54 Å². The highest BCUT2D eigenvalue weighted by atomic mass is 79.9. The monoisotopic (exact) mass is 341 g/mol. The van der Waals surface area contributed by atoms with Crippen molar-refractivity contribution in [1.82, 2.24) is 4.90 Å². The number of carbonyl (C=O) groups excluding carboxylic acids is 1. The van der Waals surface area contributed by atoms with Crippen molar-refractivity contribution in [3.8, 4) is 0 Å². The summed E-state index contributed by atoms with van der Waals surface area (Å²) in [5.74, 6) is -4.21. The summed E-state index contributed by atoms with van der Waals surface area (Å²) in [6, 6.07) is 0. The third-order valence-electron chi connectivity index (χ3n) is 2.96. The number of allylic oxidation sites excluding steroid dienone is 1. The molecule has 1 atom stereocenters. The molecule has 0 aromatic carbocycles. The zero-order valence-corrected chi connectivity index (χ0v) is 11.8. The smallest absolute Gasteiger partial charge is 0.408 e. The van der Waals surface area contributed by atoms with E-state index in [0.717, 1.165) is 7.11 Å². The van der Waals surface area contributed by atoms with Crippen LogP contribution in [0.1, 0.15) is 12.8 Å². The van der Waals surface area contributed by atoms with Gasteiger partial charge in [0.1, 0.15) is 0 Å². The lowest BCUT2D eigenvalue weighted by Crippen LogP contribution is -2.53. The van der Waals surface area contributed by atoms with E-state index in [1.165, 1.54) is 6.08 Å². The maximum absolute atomic E-state index is 13.5. The minimum Gasteiger partial charge on any atom is -0.467 e. The summed E-state index contributed by atoms with van der Waals surface area (Å²) < 4.78 is 31.5. The lowest BCUT2D eigenvalue weighted by atomic mass is 9.91. The van der Waals surface area contributed by atoms with Crippen molar-refractivity contribution in [3.63, 3.8) is 0 Å². The van der Waals surface area contributed by atoms with Gasteiger partial charge in [-0.25, -0.2) is 18.4 Å². The largest absolute Gasteiger partial charge is 0.467 e. The molecule has 0 spiro atoms. The molecule has 0 bridgehead atoms. The lowest BCUT2D eigenvalue weighted by Gasteiger charge is -2.32. The Labute approximate surface area is 117 Å². The zero-order valence-electron chi connectivity index (χ0n) is 10.2. The number of alkyl halides is 3. The fourth-order valence-electron chi connectivity index (χ4n) is 2.19. The van der Waals surface area contributed by atoms with E-state index in [1.54, 1.807) is 6.08 Å². The SMILES string of the molecule is COC(=O)C1(C/C=C\CBr)CC(F)(F)CN1C(=O)O. The highest BCUT2D eigenvalue weighted by Crippen LogP contribution is 2.42. The summed E-state index contributed by atoms with van der Waals surface area (Å²) in [6.45, 7) is -1.00. The number of amides is 1. The van der Waals surface area contributed by atoms with Crippen LogP contribution in [-0.2, 0) is 9.53 Å². The summed E-state index contributed by atoms with van der Waals surface area (Å²) in [5, 5.41) is 9.51. The molecule has 1 heterocycles. The van der Waals surface area contributed by atoms with Gasteiger partial charge in [-0.2, -0.15) is 0 Å². The summed E-state index contributed by atoms with van der Waals surface area (Å²) in [6.07, 6.45) is 0.526. The Morgan fingerprint density at radius 3 is 2.58 bits per heavy atom. The predicted molar refractivity (Wildman–Crippen MR) is 66.6 cm³/mol. The van der Waals surface area contributed by atoms with Crippen LogP contribution in [-0.4, -0.2) is 52.5 Å². The summed E-state index contributed by atoms with van der Waals surface area (Å²) in [4.78, 5) is 23.4. The lowest BCUT2D eigenvalue weighted by molar-refractivity contribution is -0.152. The average Bonchev–Trinajstić information content (AvgIpc) is 2.61. The van der Waals surface area contributed by atoms with E-state index < -0.39 is 36.5 Å². The van der Waals surface area contributed by atoms with E-state index in [2.05, 4.69) is 20.7 Å². The van der Waals surface area contributed by atoms with Gasteiger partial charge < -0.3 is 9.84 Å². The second kappa shape index (κ2) is 5.85. The Morgan fingerprint density at radius 1 is 1.47 bits per heavy atom. The van der Waals surface area contributed by atoms with E-state index in [-0.39, 0.29) is 6.42 Å². The molecule has 1 rings (SSSR count). The molecule has 0 aliphatic carbocycles. The number of ether oxygens (including phenoxy) is 1. The van der Waals surface area contributed by atoms with Crippen molar-refractivity contribution in [2.45, 2.75) is 24.3 Å². The Bertz CT molecular complexity index is 402. The van der Waals surface area contributed by atoms with Gasteiger partial charge in [-0.15, -0.1) is 0 Å². The van der Waals surface area contributed by atoms with Gasteiger partial charge in [-0.05, 0) is 6.42 Å². The highest BCUT2D eigenvalue weighted by molar-refractivity contribution is 9.09. The molecule has 0 radical (unpaired) electrons. The molecule has 0 aromatic rings. The van der Waals surface area contributed by atoms with Crippen molar-refractivity contribution in [2.24, 2.45) is 0 Å². The minimum absolute atomic E-state index is 0.146. The van der Waals surface area contributed by atoms with E-state index in [0.29, 0.717) is 10.2 Å². The fraction of sp³-hybridized carbons (Fsp3) is 0.636. The van der Waals surface area contributed by atoms with E-state index >= 15 is 0 Å². The number of hydrogen-bond acceptors (Lipinski definition) is 3. The summed E-state index contributed by atoms with van der Waals surface area (Å²) >= 11 is 3.12. The van der Waals surface area contributed by atoms with Crippen molar-refractivity contribution < 1.29 is 28.2 Å². The van der Waals surface area contributed by atoms with Crippen LogP contribution in [0, 0.1) is 0 Å². The molecule has 1 unspecified atom stereocenters. The van der Waals surface area contributed by atoms with Crippen LogP contribution in [0.4, 0.5) is 13.6 Å². The molecule has 108 valence electrons. The predicted octanol–water partition coefficient (Wildman–Crippen LogP) is 2.26. The maximum atomic E-state index is 13.5. The molecule has 1 fully saturated rings. The first-order chi connectivity index (χ1) is 8.79. The molecular formula is C11H14BrF2NO4. The van der Waals surface area contributed by atoms with Crippen molar-refractivity contribution >= 4 is 28.0 Å². The van der Waals surface area contributed by atoms with Crippen LogP contribution in [0.15, 0.2) is 12.2 Å². The standard InChI is InChI=1S/C11H14BrF2NO4/c1-19-8(16)10(4-2-3-5-12)6-11(13,14)7-15(10)9(17)18/h2-3H,4-7H2,1H3,(H,17,18)/b3-2-. The van der Waals surface area contributed by atoms with Gasteiger partial charge in [0.25, 0.3) is 5.92 Å². The fourth-order valence-corrected chi connectivity index (χ4v) is 2.46. The molecule has 1 amide bonds. The Kier molecular flexibility index (Phi) is 4.89. The molecule has 1 aliphatic rings. The molecule has 1 N–H and O–H groups in total. The van der Waals surface area contributed by atoms with Crippen LogP contribution in [0.3, 0.4) is 0 Å². The third kappa shape index (κ3) is 3.23. The van der Waals surface area contributed by atoms with Crippen LogP contribution in [0.5, 0.6) is 0 Å². The number of methoxy groups -OCH3 is 1. The van der Waals surface area contributed by atoms with E-state index in [4.69, 9.17) is 5.11 Å². The van der Waals surface area contributed by atoms with Crippen LogP contribution in [0.2, 0.25) is 0 Å². The van der Waals surface area contributed by atoms with E-state index in [9.17, 15) is 18.4 Å². The van der Waals surface area contributed by atoms with Gasteiger partial charge in [-0.3, -0.25) is 4.90 Å². The number of halogens is 3. The number of carbonyl (C=O) groups is 2. The number of carboxylic acid groups (broad SMARTS) is 1. The van der Waals surface area contributed by atoms with Gasteiger partial charge in [0.05, 0.1) is 13.7 Å². The van der Waals surface area contributed by atoms with Crippen LogP contribution >= 0.6 is 15.9 Å². The molecule has 8 heteroatoms.